The Morgan fingerprint density at radius 1 is 1.00 bits per heavy atom. The molecule has 0 saturated carbocycles. The van der Waals surface area contributed by atoms with Gasteiger partial charge in [-0.25, -0.2) is 4.98 Å². The van der Waals surface area contributed by atoms with Crippen molar-refractivity contribution < 1.29 is 14.3 Å². The molecule has 0 saturated heterocycles. The Bertz CT molecular complexity index is 1300. The molecule has 0 unspecified atom stereocenters. The van der Waals surface area contributed by atoms with Crippen LogP contribution in [-0.2, 0) is 9.59 Å². The molecule has 3 aromatic carbocycles. The molecule has 6 nitrogen and oxygen atoms in total. The zero-order valence-electron chi connectivity index (χ0n) is 18.5. The van der Waals surface area contributed by atoms with Gasteiger partial charge in [0, 0.05) is 17.5 Å². The molecule has 34 heavy (non-hydrogen) atoms. The average Bonchev–Trinajstić information content (AvgIpc) is 3.26. The van der Waals surface area contributed by atoms with Crippen LogP contribution < -0.4 is 15.4 Å². The minimum Gasteiger partial charge on any atom is -0.494 e. The highest BCUT2D eigenvalue weighted by Gasteiger charge is 2.10. The van der Waals surface area contributed by atoms with Gasteiger partial charge in [0.25, 0.3) is 0 Å². The first-order valence-electron chi connectivity index (χ1n) is 10.7. The van der Waals surface area contributed by atoms with Crippen molar-refractivity contribution >= 4 is 62.6 Å². The topological polar surface area (TPSA) is 80.3 Å². The molecule has 8 heteroatoms. The van der Waals surface area contributed by atoms with Crippen LogP contribution in [0.2, 0.25) is 0 Å². The highest BCUT2D eigenvalue weighted by Crippen LogP contribution is 2.31. The van der Waals surface area contributed by atoms with E-state index in [2.05, 4.69) is 15.6 Å². The second kappa shape index (κ2) is 11.5. The normalized spacial score (nSPS) is 11.0. The number of nitrogens with one attached hydrogen (secondary N) is 2. The monoisotopic (exact) mass is 489 g/mol. The molecule has 0 spiro atoms. The van der Waals surface area contributed by atoms with Crippen LogP contribution in [0.4, 0.5) is 11.4 Å². The summed E-state index contributed by atoms with van der Waals surface area (Å²) >= 11 is 2.87. The van der Waals surface area contributed by atoms with E-state index in [-0.39, 0.29) is 17.6 Å². The van der Waals surface area contributed by atoms with Crippen molar-refractivity contribution in [1.82, 2.24) is 4.98 Å². The predicted molar refractivity (Wildman–Crippen MR) is 141 cm³/mol. The third kappa shape index (κ3) is 6.69. The van der Waals surface area contributed by atoms with Crippen molar-refractivity contribution in [2.45, 2.75) is 11.3 Å². The predicted octanol–water partition coefficient (Wildman–Crippen LogP) is 6.08. The molecule has 0 fully saturated rings. The molecule has 1 aromatic heterocycles. The summed E-state index contributed by atoms with van der Waals surface area (Å²) in [6.07, 6.45) is 3.28. The van der Waals surface area contributed by atoms with E-state index in [9.17, 15) is 9.59 Å². The number of hydrogen-bond donors (Lipinski definition) is 2. The van der Waals surface area contributed by atoms with Gasteiger partial charge in [-0.05, 0) is 61.0 Å². The number of thioether (sulfide) groups is 1. The van der Waals surface area contributed by atoms with Gasteiger partial charge in [0.2, 0.25) is 11.8 Å². The van der Waals surface area contributed by atoms with Gasteiger partial charge in [-0.2, -0.15) is 0 Å². The van der Waals surface area contributed by atoms with E-state index in [1.165, 1.54) is 29.2 Å². The van der Waals surface area contributed by atoms with Crippen LogP contribution in [-0.4, -0.2) is 29.2 Å². The Kier molecular flexibility index (Phi) is 7.95. The summed E-state index contributed by atoms with van der Waals surface area (Å²) in [7, 11) is 0. The number of fused-ring (bicyclic) bond motifs is 1. The summed E-state index contributed by atoms with van der Waals surface area (Å²) in [4.78, 5) is 29.1. The number of amides is 2. The van der Waals surface area contributed by atoms with Crippen LogP contribution in [0, 0.1) is 0 Å². The highest BCUT2D eigenvalue weighted by atomic mass is 32.2. The number of nitrogens with zero attached hydrogens (tertiary/aromatic N) is 1. The van der Waals surface area contributed by atoms with Crippen molar-refractivity contribution in [3.63, 3.8) is 0 Å². The Morgan fingerprint density at radius 3 is 2.53 bits per heavy atom. The van der Waals surface area contributed by atoms with Crippen LogP contribution >= 0.6 is 23.1 Å². The van der Waals surface area contributed by atoms with Crippen molar-refractivity contribution in [3.05, 3.63) is 84.4 Å². The molecule has 0 aliphatic carbocycles. The minimum atomic E-state index is -0.201. The molecule has 4 rings (SSSR count). The van der Waals surface area contributed by atoms with Gasteiger partial charge in [0.15, 0.2) is 4.34 Å². The first-order chi connectivity index (χ1) is 16.6. The standard InChI is InChI=1S/C26H23N3O3S2/c1-2-32-21-12-9-19(10-13-21)27-25(31)17-33-26-29-22-14-11-20(16-23(22)34-26)28-24(30)15-8-18-6-4-3-5-7-18/h3-16H,2,17H2,1H3,(H,27,31)(H,28,30)/b15-8-. The first-order valence-corrected chi connectivity index (χ1v) is 12.5. The molecule has 1 heterocycles. The molecule has 4 aromatic rings. The molecule has 2 N–H and O–H groups in total. The maximum Gasteiger partial charge on any atom is 0.248 e. The van der Waals surface area contributed by atoms with Gasteiger partial charge in [-0.15, -0.1) is 11.3 Å². The summed E-state index contributed by atoms with van der Waals surface area (Å²) in [6.45, 7) is 2.53. The summed E-state index contributed by atoms with van der Waals surface area (Å²) in [5, 5.41) is 5.75. The lowest BCUT2D eigenvalue weighted by molar-refractivity contribution is -0.114. The third-order valence-corrected chi connectivity index (χ3v) is 6.80. The summed E-state index contributed by atoms with van der Waals surface area (Å²) < 4.78 is 7.15. The van der Waals surface area contributed by atoms with Gasteiger partial charge in [0.05, 0.1) is 22.6 Å². The molecular formula is C26H23N3O3S2. The van der Waals surface area contributed by atoms with E-state index in [4.69, 9.17) is 4.74 Å². The lowest BCUT2D eigenvalue weighted by Crippen LogP contribution is -2.13. The van der Waals surface area contributed by atoms with Crippen molar-refractivity contribution in [1.29, 1.82) is 0 Å². The Balaban J connectivity index is 1.31. The number of thiazole rings is 1. The average molecular weight is 490 g/mol. The smallest absolute Gasteiger partial charge is 0.248 e. The fraction of sp³-hybridized carbons (Fsp3) is 0.115. The summed E-state index contributed by atoms with van der Waals surface area (Å²) in [5.74, 6) is 0.716. The van der Waals surface area contributed by atoms with Crippen LogP contribution in [0.1, 0.15) is 12.5 Å². The van der Waals surface area contributed by atoms with Crippen molar-refractivity contribution in [2.75, 3.05) is 23.0 Å². The van der Waals surface area contributed by atoms with Crippen LogP contribution in [0.3, 0.4) is 0 Å². The first kappa shape index (κ1) is 23.5. The van der Waals surface area contributed by atoms with E-state index >= 15 is 0 Å². The number of ether oxygens (including phenoxy) is 1. The Morgan fingerprint density at radius 2 is 1.76 bits per heavy atom. The fourth-order valence-corrected chi connectivity index (χ4v) is 5.00. The van der Waals surface area contributed by atoms with Gasteiger partial charge >= 0.3 is 0 Å². The van der Waals surface area contributed by atoms with Gasteiger partial charge in [0.1, 0.15) is 5.75 Å². The van der Waals surface area contributed by atoms with Gasteiger partial charge in [-0.3, -0.25) is 9.59 Å². The SMILES string of the molecule is CCOc1ccc(NC(=O)CSc2nc3ccc(NC(=O)/C=C\c4ccccc4)cc3s2)cc1. The molecule has 0 bridgehead atoms. The quantitative estimate of drug-likeness (QED) is 0.220. The van der Waals surface area contributed by atoms with Gasteiger partial charge in [-0.1, -0.05) is 42.1 Å². The Hall–Kier alpha value is -3.62. The number of anilines is 2. The second-order valence-corrected chi connectivity index (χ2v) is 9.44. The zero-order chi connectivity index (χ0) is 23.8. The van der Waals surface area contributed by atoms with E-state index in [0.717, 1.165) is 31.6 Å². The lowest BCUT2D eigenvalue weighted by Gasteiger charge is -2.06. The lowest BCUT2D eigenvalue weighted by atomic mass is 10.2. The molecule has 0 radical (unpaired) electrons. The highest BCUT2D eigenvalue weighted by molar-refractivity contribution is 8.01. The summed E-state index contributed by atoms with van der Waals surface area (Å²) in [5.41, 5.74) is 3.21. The minimum absolute atomic E-state index is 0.105. The van der Waals surface area contributed by atoms with E-state index in [0.29, 0.717) is 12.3 Å². The summed E-state index contributed by atoms with van der Waals surface area (Å²) in [6, 6.07) is 22.5. The van der Waals surface area contributed by atoms with E-state index in [1.807, 2.05) is 79.7 Å². The number of benzene rings is 3. The van der Waals surface area contributed by atoms with Gasteiger partial charge < -0.3 is 15.4 Å². The van der Waals surface area contributed by atoms with Crippen molar-refractivity contribution in [2.24, 2.45) is 0 Å². The third-order valence-electron chi connectivity index (χ3n) is 4.64. The molecule has 172 valence electrons. The molecule has 0 aliphatic rings. The number of rotatable bonds is 9. The largest absolute Gasteiger partial charge is 0.494 e. The van der Waals surface area contributed by atoms with E-state index in [1.54, 1.807) is 6.08 Å². The number of carbonyl (C=O) groups is 2. The maximum absolute atomic E-state index is 12.3. The van der Waals surface area contributed by atoms with Crippen LogP contribution in [0.5, 0.6) is 5.75 Å². The molecule has 2 amide bonds. The van der Waals surface area contributed by atoms with E-state index < -0.39 is 0 Å². The number of hydrogen-bond acceptors (Lipinski definition) is 6. The molecule has 0 aliphatic heterocycles. The second-order valence-electron chi connectivity index (χ2n) is 7.19. The zero-order valence-corrected chi connectivity index (χ0v) is 20.1. The Labute approximate surface area is 206 Å². The molecule has 0 atom stereocenters. The van der Waals surface area contributed by atoms with Crippen LogP contribution in [0.15, 0.2) is 83.2 Å². The maximum atomic E-state index is 12.3. The van der Waals surface area contributed by atoms with Crippen LogP contribution in [0.25, 0.3) is 16.3 Å². The fourth-order valence-electron chi connectivity index (χ4n) is 3.09. The molecular weight excluding hydrogens is 466 g/mol. The number of carbonyl (C=O) groups excluding carboxylic acids is 2. The number of aromatic nitrogens is 1. The van der Waals surface area contributed by atoms with Crippen molar-refractivity contribution in [3.8, 4) is 5.75 Å².